The van der Waals surface area contributed by atoms with Gasteiger partial charge in [0, 0.05) is 6.42 Å². The number of hydrogen-bond donors (Lipinski definition) is 0. The second-order valence-corrected chi connectivity index (χ2v) is 2.92. The van der Waals surface area contributed by atoms with Crippen molar-refractivity contribution in [2.24, 2.45) is 0 Å². The summed E-state index contributed by atoms with van der Waals surface area (Å²) in [4.78, 5) is 10.9. The second-order valence-electron chi connectivity index (χ2n) is 2.92. The number of ether oxygens (including phenoxy) is 2. The van der Waals surface area contributed by atoms with Crippen molar-refractivity contribution >= 4 is 5.78 Å². The van der Waals surface area contributed by atoms with Crippen LogP contribution in [0, 0.1) is 0 Å². The van der Waals surface area contributed by atoms with E-state index in [0.29, 0.717) is 6.42 Å². The summed E-state index contributed by atoms with van der Waals surface area (Å²) in [7, 11) is 0. The molecule has 1 aliphatic carbocycles. The van der Waals surface area contributed by atoms with Crippen LogP contribution in [0.3, 0.4) is 0 Å². The summed E-state index contributed by atoms with van der Waals surface area (Å²) in [6.45, 7) is 0. The Bertz CT molecular complexity index is 287. The molecule has 1 aliphatic heterocycles. The van der Waals surface area contributed by atoms with E-state index in [-0.39, 0.29) is 18.2 Å². The third-order valence-corrected chi connectivity index (χ3v) is 1.88. The summed E-state index contributed by atoms with van der Waals surface area (Å²) >= 11 is 0. The van der Waals surface area contributed by atoms with Gasteiger partial charge in [0.05, 0.1) is 12.4 Å². The van der Waals surface area contributed by atoms with Gasteiger partial charge in [-0.15, -0.1) is 0 Å². The van der Waals surface area contributed by atoms with Crippen LogP contribution < -0.4 is 0 Å². The van der Waals surface area contributed by atoms with Crippen LogP contribution in [0.15, 0.2) is 36.6 Å². The number of carbonyl (C=O) groups is 1. The van der Waals surface area contributed by atoms with Gasteiger partial charge < -0.3 is 9.47 Å². The Morgan fingerprint density at radius 1 is 1.38 bits per heavy atom. The molecule has 2 aliphatic rings. The van der Waals surface area contributed by atoms with Crippen molar-refractivity contribution in [3.8, 4) is 0 Å². The van der Waals surface area contributed by atoms with Crippen molar-refractivity contribution in [3.05, 3.63) is 36.6 Å². The zero-order valence-electron chi connectivity index (χ0n) is 7.05. The minimum atomic E-state index is -0.356. The fourth-order valence-electron chi connectivity index (χ4n) is 1.26. The zero-order chi connectivity index (χ0) is 9.10. The fourth-order valence-corrected chi connectivity index (χ4v) is 1.26. The topological polar surface area (TPSA) is 35.5 Å². The molecule has 0 aromatic heterocycles. The van der Waals surface area contributed by atoms with Crippen LogP contribution in [-0.2, 0) is 14.3 Å². The highest BCUT2D eigenvalue weighted by atomic mass is 16.7. The Morgan fingerprint density at radius 2 is 2.31 bits per heavy atom. The molecule has 0 radical (unpaired) electrons. The number of rotatable bonds is 2. The third kappa shape index (κ3) is 2.06. The average Bonchev–Trinajstić information content (AvgIpc) is 2.53. The van der Waals surface area contributed by atoms with Gasteiger partial charge in [0.2, 0.25) is 6.29 Å². The third-order valence-electron chi connectivity index (χ3n) is 1.88. The Balaban J connectivity index is 1.85. The van der Waals surface area contributed by atoms with Crippen molar-refractivity contribution in [3.63, 3.8) is 0 Å². The number of hydrogen-bond acceptors (Lipinski definition) is 3. The lowest BCUT2D eigenvalue weighted by molar-refractivity contribution is -0.121. The molecule has 68 valence electrons. The maximum absolute atomic E-state index is 10.9. The van der Waals surface area contributed by atoms with Crippen molar-refractivity contribution in [1.29, 1.82) is 0 Å². The van der Waals surface area contributed by atoms with Crippen LogP contribution in [0.2, 0.25) is 0 Å². The highest BCUT2D eigenvalue weighted by Gasteiger charge is 2.20. The first kappa shape index (κ1) is 8.26. The lowest BCUT2D eigenvalue weighted by Gasteiger charge is -2.18. The SMILES string of the molecule is O=C1C=C[C@H](OC2C=CC=CO2)C1. The summed E-state index contributed by atoms with van der Waals surface area (Å²) < 4.78 is 10.6. The summed E-state index contributed by atoms with van der Waals surface area (Å²) in [5.41, 5.74) is 0. The van der Waals surface area contributed by atoms with Gasteiger partial charge in [-0.25, -0.2) is 0 Å². The van der Waals surface area contributed by atoms with Crippen molar-refractivity contribution in [2.45, 2.75) is 18.8 Å². The van der Waals surface area contributed by atoms with E-state index in [4.69, 9.17) is 9.47 Å². The maximum atomic E-state index is 10.9. The van der Waals surface area contributed by atoms with Gasteiger partial charge in [-0.1, -0.05) is 12.2 Å². The quantitative estimate of drug-likeness (QED) is 0.639. The van der Waals surface area contributed by atoms with E-state index >= 15 is 0 Å². The van der Waals surface area contributed by atoms with Gasteiger partial charge in [-0.05, 0) is 18.2 Å². The van der Waals surface area contributed by atoms with Crippen LogP contribution in [0.25, 0.3) is 0 Å². The Hall–Kier alpha value is -1.35. The van der Waals surface area contributed by atoms with Gasteiger partial charge in [-0.3, -0.25) is 4.79 Å². The molecule has 0 bridgehead atoms. The second kappa shape index (κ2) is 3.58. The van der Waals surface area contributed by atoms with Crippen LogP contribution in [0.1, 0.15) is 6.42 Å². The summed E-state index contributed by atoms with van der Waals surface area (Å²) in [6, 6.07) is 0. The molecule has 0 aromatic rings. The molecule has 0 aromatic carbocycles. The van der Waals surface area contributed by atoms with Gasteiger partial charge in [0.1, 0.15) is 0 Å². The first-order valence-corrected chi connectivity index (χ1v) is 4.20. The van der Waals surface area contributed by atoms with E-state index < -0.39 is 0 Å². The van der Waals surface area contributed by atoms with Crippen LogP contribution in [-0.4, -0.2) is 18.2 Å². The molecule has 0 amide bonds. The lowest BCUT2D eigenvalue weighted by Crippen LogP contribution is -2.20. The number of carbonyl (C=O) groups excluding carboxylic acids is 1. The van der Waals surface area contributed by atoms with Crippen LogP contribution in [0.5, 0.6) is 0 Å². The Labute approximate surface area is 76.3 Å². The summed E-state index contributed by atoms with van der Waals surface area (Å²) in [5, 5.41) is 0. The summed E-state index contributed by atoms with van der Waals surface area (Å²) in [6.07, 6.45) is 10.3. The molecule has 1 unspecified atom stereocenters. The van der Waals surface area contributed by atoms with E-state index in [2.05, 4.69) is 0 Å². The van der Waals surface area contributed by atoms with Gasteiger partial charge >= 0.3 is 0 Å². The van der Waals surface area contributed by atoms with E-state index in [9.17, 15) is 4.79 Å². The maximum Gasteiger partial charge on any atom is 0.219 e. The monoisotopic (exact) mass is 178 g/mol. The van der Waals surface area contributed by atoms with Gasteiger partial charge in [0.25, 0.3) is 0 Å². The number of ketones is 1. The largest absolute Gasteiger partial charge is 0.469 e. The van der Waals surface area contributed by atoms with E-state index in [1.807, 2.05) is 6.08 Å². The molecule has 0 N–H and O–H groups in total. The first-order chi connectivity index (χ1) is 6.34. The molecule has 3 heteroatoms. The molecule has 0 saturated heterocycles. The molecule has 3 nitrogen and oxygen atoms in total. The molecular weight excluding hydrogens is 168 g/mol. The predicted octanol–water partition coefficient (Wildman–Crippen LogP) is 1.33. The zero-order valence-corrected chi connectivity index (χ0v) is 7.05. The molecule has 2 rings (SSSR count). The minimum Gasteiger partial charge on any atom is -0.469 e. The normalized spacial score (nSPS) is 30.9. The standard InChI is InChI=1S/C10H10O3/c11-8-4-5-9(7-8)13-10-3-1-2-6-12-10/h1-6,9-10H,7H2/t9-,10?/m0/s1. The van der Waals surface area contributed by atoms with E-state index in [0.717, 1.165) is 0 Å². The van der Waals surface area contributed by atoms with E-state index in [1.54, 1.807) is 30.6 Å². The highest BCUT2D eigenvalue weighted by molar-refractivity contribution is 5.92. The molecule has 0 spiro atoms. The molecule has 0 saturated carbocycles. The van der Waals surface area contributed by atoms with Crippen LogP contribution in [0.4, 0.5) is 0 Å². The molecule has 0 fully saturated rings. The summed E-state index contributed by atoms with van der Waals surface area (Å²) in [5.74, 6) is 0.111. The van der Waals surface area contributed by atoms with Gasteiger partial charge in [0.15, 0.2) is 5.78 Å². The molecule has 1 heterocycles. The molecule has 2 atom stereocenters. The molecule has 13 heavy (non-hydrogen) atoms. The number of allylic oxidation sites excluding steroid dienone is 3. The lowest BCUT2D eigenvalue weighted by atomic mass is 10.3. The fraction of sp³-hybridized carbons (Fsp3) is 0.300. The van der Waals surface area contributed by atoms with Crippen molar-refractivity contribution in [2.75, 3.05) is 0 Å². The predicted molar refractivity (Wildman–Crippen MR) is 46.8 cm³/mol. The smallest absolute Gasteiger partial charge is 0.219 e. The Morgan fingerprint density at radius 3 is 2.92 bits per heavy atom. The Kier molecular flexibility index (Phi) is 2.27. The minimum absolute atomic E-state index is 0.111. The highest BCUT2D eigenvalue weighted by Crippen LogP contribution is 2.15. The van der Waals surface area contributed by atoms with E-state index in [1.165, 1.54) is 0 Å². The van der Waals surface area contributed by atoms with Crippen LogP contribution >= 0.6 is 0 Å². The van der Waals surface area contributed by atoms with Crippen molar-refractivity contribution < 1.29 is 14.3 Å². The molecular formula is C10H10O3. The average molecular weight is 178 g/mol. The van der Waals surface area contributed by atoms with Gasteiger partial charge in [-0.2, -0.15) is 0 Å². The van der Waals surface area contributed by atoms with Crippen molar-refractivity contribution in [1.82, 2.24) is 0 Å². The first-order valence-electron chi connectivity index (χ1n) is 4.20.